The van der Waals surface area contributed by atoms with Crippen LogP contribution in [0.5, 0.6) is 0 Å². The molecule has 2 N–H and O–H groups in total. The Morgan fingerprint density at radius 3 is 2.88 bits per heavy atom. The summed E-state index contributed by atoms with van der Waals surface area (Å²) in [6, 6.07) is 14.4. The predicted octanol–water partition coefficient (Wildman–Crippen LogP) is 4.31. The van der Waals surface area contributed by atoms with E-state index >= 15 is 0 Å². The van der Waals surface area contributed by atoms with Crippen molar-refractivity contribution in [3.8, 4) is 11.3 Å². The lowest BCUT2D eigenvalue weighted by molar-refractivity contribution is 0.206. The molecule has 1 unspecified atom stereocenters. The van der Waals surface area contributed by atoms with E-state index in [-0.39, 0.29) is 11.4 Å². The second kappa shape index (κ2) is 8.13. The third-order valence-electron chi connectivity index (χ3n) is 7.06. The minimum atomic E-state index is -0.00632. The summed E-state index contributed by atoms with van der Waals surface area (Å²) in [5.74, 6) is 0. The Morgan fingerprint density at radius 2 is 2.03 bits per heavy atom. The minimum absolute atomic E-state index is 0.00632. The average Bonchev–Trinajstić information content (AvgIpc) is 3.57. The first-order chi connectivity index (χ1) is 16.6. The zero-order valence-corrected chi connectivity index (χ0v) is 19.2. The number of rotatable bonds is 4. The normalized spacial score (nSPS) is 19.0. The van der Waals surface area contributed by atoms with Gasteiger partial charge in [0.25, 0.3) is 0 Å². The average molecular weight is 454 g/mol. The van der Waals surface area contributed by atoms with E-state index < -0.39 is 0 Å². The van der Waals surface area contributed by atoms with Crippen molar-refractivity contribution in [1.82, 2.24) is 30.0 Å². The molecule has 5 heterocycles. The number of nitrogens with zero attached hydrogens (tertiary/aromatic N) is 5. The Balaban J connectivity index is 1.32. The van der Waals surface area contributed by atoms with E-state index in [9.17, 15) is 4.79 Å². The quantitative estimate of drug-likeness (QED) is 0.481. The zero-order valence-electron chi connectivity index (χ0n) is 19.2. The van der Waals surface area contributed by atoms with E-state index in [2.05, 4.69) is 38.5 Å². The van der Waals surface area contributed by atoms with Crippen molar-refractivity contribution >= 4 is 28.3 Å². The number of aryl methyl sites for hydroxylation is 1. The summed E-state index contributed by atoms with van der Waals surface area (Å²) in [4.78, 5) is 23.2. The van der Waals surface area contributed by atoms with Gasteiger partial charge in [0.15, 0.2) is 0 Å². The Hall–Kier alpha value is -3.94. The minimum Gasteiger partial charge on any atom is -0.354 e. The third kappa shape index (κ3) is 3.46. The number of urea groups is 1. The Bertz CT molecular complexity index is 1370. The van der Waals surface area contributed by atoms with Crippen LogP contribution in [-0.2, 0) is 12.0 Å². The van der Waals surface area contributed by atoms with Gasteiger partial charge in [0.05, 0.1) is 23.1 Å². The molecule has 1 spiro atoms. The Morgan fingerprint density at radius 1 is 1.12 bits per heavy atom. The lowest BCUT2D eigenvalue weighted by atomic mass is 9.82. The monoisotopic (exact) mass is 453 g/mol. The Labute approximate surface area is 198 Å². The van der Waals surface area contributed by atoms with Crippen LogP contribution >= 0.6 is 0 Å². The summed E-state index contributed by atoms with van der Waals surface area (Å²) in [6.07, 6.45) is 7.47. The van der Waals surface area contributed by atoms with E-state index in [4.69, 9.17) is 10.1 Å². The number of benzene rings is 1. The maximum absolute atomic E-state index is 12.4. The van der Waals surface area contributed by atoms with E-state index in [1.54, 1.807) is 12.4 Å². The summed E-state index contributed by atoms with van der Waals surface area (Å²) in [6.45, 7) is 5.02. The molecule has 34 heavy (non-hydrogen) atoms. The number of aromatic nitrogens is 4. The van der Waals surface area contributed by atoms with Crippen molar-refractivity contribution in [2.75, 3.05) is 25.0 Å². The van der Waals surface area contributed by atoms with E-state index in [1.165, 1.54) is 5.69 Å². The Kier molecular flexibility index (Phi) is 4.94. The molecule has 172 valence electrons. The van der Waals surface area contributed by atoms with Crippen LogP contribution in [0, 0.1) is 0 Å². The van der Waals surface area contributed by atoms with Gasteiger partial charge >= 0.3 is 6.03 Å². The topological polar surface area (TPSA) is 88.0 Å². The van der Waals surface area contributed by atoms with Gasteiger partial charge in [0.1, 0.15) is 0 Å². The third-order valence-corrected chi connectivity index (χ3v) is 7.06. The molecule has 1 aromatic carbocycles. The lowest BCUT2D eigenvalue weighted by Crippen LogP contribution is -2.40. The molecule has 0 aliphatic carbocycles. The molecule has 1 saturated heterocycles. The lowest BCUT2D eigenvalue weighted by Gasteiger charge is -2.23. The summed E-state index contributed by atoms with van der Waals surface area (Å²) >= 11 is 0. The number of fused-ring (bicyclic) bond motifs is 3. The second-order valence-electron chi connectivity index (χ2n) is 9.14. The maximum atomic E-state index is 12.4. The van der Waals surface area contributed by atoms with Crippen molar-refractivity contribution in [2.45, 2.75) is 31.7 Å². The molecule has 1 atom stereocenters. The van der Waals surface area contributed by atoms with Crippen LogP contribution in [0.3, 0.4) is 0 Å². The molecule has 6 rings (SSSR count). The molecule has 2 aliphatic rings. The summed E-state index contributed by atoms with van der Waals surface area (Å²) < 4.78 is 2.13. The highest BCUT2D eigenvalue weighted by atomic mass is 16.2. The molecule has 1 fully saturated rings. The molecule has 4 aromatic rings. The van der Waals surface area contributed by atoms with Crippen molar-refractivity contribution in [1.29, 1.82) is 0 Å². The summed E-state index contributed by atoms with van der Waals surface area (Å²) in [7, 11) is 0. The molecular formula is C26H27N7O. The van der Waals surface area contributed by atoms with Gasteiger partial charge in [0, 0.05) is 66.3 Å². The van der Waals surface area contributed by atoms with Crippen LogP contribution in [0.25, 0.3) is 22.2 Å². The number of likely N-dealkylation sites (tertiary alicyclic amines) is 1. The van der Waals surface area contributed by atoms with Crippen LogP contribution in [0.4, 0.5) is 16.2 Å². The van der Waals surface area contributed by atoms with Crippen LogP contribution < -0.4 is 10.6 Å². The fourth-order valence-electron chi connectivity index (χ4n) is 5.32. The van der Waals surface area contributed by atoms with Crippen LogP contribution in [0.1, 0.15) is 25.5 Å². The smallest absolute Gasteiger partial charge is 0.317 e. The van der Waals surface area contributed by atoms with Crippen molar-refractivity contribution < 1.29 is 4.79 Å². The number of hydrogen-bond acceptors (Lipinski definition) is 5. The molecular weight excluding hydrogens is 426 g/mol. The number of nitrogens with one attached hydrogen (secondary N) is 2. The van der Waals surface area contributed by atoms with E-state index in [0.29, 0.717) is 6.54 Å². The zero-order chi connectivity index (χ0) is 23.1. The van der Waals surface area contributed by atoms with Crippen LogP contribution in [0.15, 0.2) is 61.1 Å². The highest BCUT2D eigenvalue weighted by Gasteiger charge is 2.46. The number of anilines is 2. The summed E-state index contributed by atoms with van der Waals surface area (Å²) in [5, 5.41) is 12.4. The van der Waals surface area contributed by atoms with Crippen molar-refractivity contribution in [3.05, 3.63) is 66.7 Å². The molecule has 2 amide bonds. The largest absolute Gasteiger partial charge is 0.354 e. The molecule has 0 saturated carbocycles. The first kappa shape index (κ1) is 20.7. The first-order valence-corrected chi connectivity index (χ1v) is 11.8. The molecule has 8 heteroatoms. The van der Waals surface area contributed by atoms with Crippen molar-refractivity contribution in [3.63, 3.8) is 0 Å². The van der Waals surface area contributed by atoms with Crippen LogP contribution in [0.2, 0.25) is 0 Å². The highest BCUT2D eigenvalue weighted by molar-refractivity contribution is 5.95. The van der Waals surface area contributed by atoms with Gasteiger partial charge in [-0.2, -0.15) is 5.10 Å². The second-order valence-corrected chi connectivity index (χ2v) is 9.14. The van der Waals surface area contributed by atoms with Gasteiger partial charge in [0.2, 0.25) is 0 Å². The fourth-order valence-corrected chi connectivity index (χ4v) is 5.32. The molecule has 0 bridgehead atoms. The first-order valence-electron chi connectivity index (χ1n) is 11.8. The van der Waals surface area contributed by atoms with Gasteiger partial charge in [-0.15, -0.1) is 0 Å². The van der Waals surface area contributed by atoms with Crippen LogP contribution in [-0.4, -0.2) is 50.3 Å². The SMILES string of the molecule is CCNC(=O)N1CCC2(CCn3nc(-c4cnc5cccc(Nc6cccnc6)c5c4)cc32)C1. The predicted molar refractivity (Wildman–Crippen MR) is 132 cm³/mol. The number of amides is 2. The van der Waals surface area contributed by atoms with Gasteiger partial charge in [-0.25, -0.2) is 4.79 Å². The highest BCUT2D eigenvalue weighted by Crippen LogP contribution is 2.44. The number of pyridine rings is 2. The molecule has 2 aliphatic heterocycles. The van der Waals surface area contributed by atoms with Gasteiger partial charge < -0.3 is 15.5 Å². The van der Waals surface area contributed by atoms with E-state index in [0.717, 1.165) is 66.0 Å². The molecule has 3 aromatic heterocycles. The maximum Gasteiger partial charge on any atom is 0.317 e. The van der Waals surface area contributed by atoms with Gasteiger partial charge in [-0.3, -0.25) is 14.6 Å². The molecule has 8 nitrogen and oxygen atoms in total. The van der Waals surface area contributed by atoms with E-state index in [1.807, 2.05) is 42.3 Å². The van der Waals surface area contributed by atoms with Gasteiger partial charge in [-0.05, 0) is 56.2 Å². The number of carbonyl (C=O) groups is 1. The standard InChI is InChI=1S/C26H27N7O/c1-2-28-25(34)32-11-8-26(17-32)9-12-33-24(26)14-23(31-33)18-13-20-21(29-15-18)6-3-7-22(20)30-19-5-4-10-27-16-19/h3-7,10,13-16,30H,2,8-9,11-12,17H2,1H3,(H,28,34). The number of hydrogen-bond donors (Lipinski definition) is 2. The fraction of sp³-hybridized carbons (Fsp3) is 0.308. The van der Waals surface area contributed by atoms with Gasteiger partial charge in [-0.1, -0.05) is 6.07 Å². The molecule has 0 radical (unpaired) electrons. The summed E-state index contributed by atoms with van der Waals surface area (Å²) in [5.41, 5.74) is 5.98. The number of carbonyl (C=O) groups excluding carboxylic acids is 1. The van der Waals surface area contributed by atoms with Crippen molar-refractivity contribution in [2.24, 2.45) is 0 Å².